The van der Waals surface area contributed by atoms with E-state index in [2.05, 4.69) is 21.4 Å². The molecule has 0 radical (unpaired) electrons. The van der Waals surface area contributed by atoms with E-state index in [1.165, 1.54) is 4.68 Å². The molecule has 4 aromatic rings. The lowest BCUT2D eigenvalue weighted by Gasteiger charge is -2.04. The summed E-state index contributed by atoms with van der Waals surface area (Å²) in [5.74, 6) is 0.612. The van der Waals surface area contributed by atoms with Gasteiger partial charge in [0.1, 0.15) is 5.82 Å². The minimum Gasteiger partial charge on any atom is -0.285 e. The molecule has 4 rings (SSSR count). The molecule has 7 heteroatoms. The molecule has 2 heterocycles. The molecule has 132 valence electrons. The number of aromatic amines is 1. The van der Waals surface area contributed by atoms with Gasteiger partial charge in [-0.2, -0.15) is 20.1 Å². The minimum atomic E-state index is -0.217. The third kappa shape index (κ3) is 3.16. The molecule has 0 fully saturated rings. The van der Waals surface area contributed by atoms with Crippen LogP contribution in [0.25, 0.3) is 16.8 Å². The maximum Gasteiger partial charge on any atom is 0.351 e. The minimum absolute atomic E-state index is 0.217. The molecule has 0 aliphatic carbocycles. The Bertz CT molecular complexity index is 1180. The third-order valence-corrected chi connectivity index (χ3v) is 4.39. The van der Waals surface area contributed by atoms with Crippen LogP contribution in [0.2, 0.25) is 0 Å². The smallest absolute Gasteiger partial charge is 0.285 e. The molecule has 0 amide bonds. The van der Waals surface area contributed by atoms with E-state index in [0.29, 0.717) is 23.6 Å². The van der Waals surface area contributed by atoms with Crippen LogP contribution in [0.5, 0.6) is 0 Å². The Morgan fingerprint density at radius 2 is 1.96 bits per heavy atom. The highest BCUT2D eigenvalue weighted by molar-refractivity contribution is 5.62. The fourth-order valence-corrected chi connectivity index (χ4v) is 2.97. The second-order valence-corrected chi connectivity index (χ2v) is 6.17. The van der Waals surface area contributed by atoms with Crippen LogP contribution in [0.1, 0.15) is 17.0 Å². The molecule has 0 atom stereocenters. The highest BCUT2D eigenvalue weighted by Gasteiger charge is 2.12. The summed E-state index contributed by atoms with van der Waals surface area (Å²) in [6.07, 6.45) is 3.56. The van der Waals surface area contributed by atoms with Gasteiger partial charge in [0.15, 0.2) is 0 Å². The summed E-state index contributed by atoms with van der Waals surface area (Å²) in [5.41, 5.74) is 3.92. The summed E-state index contributed by atoms with van der Waals surface area (Å²) in [7, 11) is 0. The SMILES string of the molecule is Cc1nn(-c2ccc(-c3cn[nH]c3)cc2)c(=O)n1Cc1cccc(C#N)c1. The topological polar surface area (TPSA) is 92.3 Å². The summed E-state index contributed by atoms with van der Waals surface area (Å²) in [4.78, 5) is 12.8. The number of aryl methyl sites for hydroxylation is 1. The van der Waals surface area contributed by atoms with Gasteiger partial charge in [-0.15, -0.1) is 0 Å². The van der Waals surface area contributed by atoms with E-state index < -0.39 is 0 Å². The van der Waals surface area contributed by atoms with Crippen molar-refractivity contribution >= 4 is 0 Å². The number of aromatic nitrogens is 5. The molecule has 0 aliphatic rings. The first-order chi connectivity index (χ1) is 13.2. The Balaban J connectivity index is 1.66. The quantitative estimate of drug-likeness (QED) is 0.608. The van der Waals surface area contributed by atoms with E-state index in [1.54, 1.807) is 29.8 Å². The van der Waals surface area contributed by atoms with Crippen molar-refractivity contribution in [2.75, 3.05) is 0 Å². The number of nitrogens with one attached hydrogen (secondary N) is 1. The summed E-state index contributed by atoms with van der Waals surface area (Å²) in [5, 5.41) is 20.2. The molecule has 0 saturated heterocycles. The van der Waals surface area contributed by atoms with Crippen LogP contribution < -0.4 is 5.69 Å². The van der Waals surface area contributed by atoms with Crippen molar-refractivity contribution in [3.63, 3.8) is 0 Å². The number of rotatable bonds is 4. The van der Waals surface area contributed by atoms with Crippen molar-refractivity contribution in [1.29, 1.82) is 5.26 Å². The van der Waals surface area contributed by atoms with E-state index in [4.69, 9.17) is 5.26 Å². The molecule has 2 aromatic carbocycles. The van der Waals surface area contributed by atoms with Gasteiger partial charge in [-0.3, -0.25) is 9.67 Å². The number of hydrogen-bond donors (Lipinski definition) is 1. The molecule has 0 spiro atoms. The van der Waals surface area contributed by atoms with E-state index in [0.717, 1.165) is 16.7 Å². The van der Waals surface area contributed by atoms with Gasteiger partial charge in [0.05, 0.1) is 30.1 Å². The Morgan fingerprint density at radius 3 is 2.67 bits per heavy atom. The maximum absolute atomic E-state index is 12.8. The number of nitrogens with zero attached hydrogens (tertiary/aromatic N) is 5. The van der Waals surface area contributed by atoms with Gasteiger partial charge in [-0.05, 0) is 42.3 Å². The Labute approximate surface area is 155 Å². The van der Waals surface area contributed by atoms with Gasteiger partial charge in [0.25, 0.3) is 0 Å². The highest BCUT2D eigenvalue weighted by Crippen LogP contribution is 2.19. The van der Waals surface area contributed by atoms with Crippen molar-refractivity contribution in [3.8, 4) is 22.9 Å². The summed E-state index contributed by atoms with van der Waals surface area (Å²) in [6.45, 7) is 2.17. The lowest BCUT2D eigenvalue weighted by atomic mass is 10.1. The van der Waals surface area contributed by atoms with Crippen LogP contribution in [0, 0.1) is 18.3 Å². The van der Waals surface area contributed by atoms with Crippen LogP contribution in [0.3, 0.4) is 0 Å². The van der Waals surface area contributed by atoms with Crippen LogP contribution in [0.4, 0.5) is 0 Å². The van der Waals surface area contributed by atoms with E-state index in [9.17, 15) is 4.79 Å². The molecule has 1 N–H and O–H groups in total. The molecule has 0 saturated carbocycles. The predicted octanol–water partition coefficient (Wildman–Crippen LogP) is 2.65. The third-order valence-electron chi connectivity index (χ3n) is 4.39. The zero-order valence-corrected chi connectivity index (χ0v) is 14.6. The maximum atomic E-state index is 12.8. The average Bonchev–Trinajstić information content (AvgIpc) is 3.33. The second kappa shape index (κ2) is 6.77. The number of nitriles is 1. The van der Waals surface area contributed by atoms with Crippen LogP contribution in [0.15, 0.2) is 65.7 Å². The van der Waals surface area contributed by atoms with Crippen molar-refractivity contribution in [3.05, 3.63) is 88.4 Å². The van der Waals surface area contributed by atoms with Gasteiger partial charge < -0.3 is 0 Å². The number of H-pyrrole nitrogens is 1. The summed E-state index contributed by atoms with van der Waals surface area (Å²) < 4.78 is 2.99. The van der Waals surface area contributed by atoms with Crippen LogP contribution in [-0.4, -0.2) is 24.5 Å². The summed E-state index contributed by atoms with van der Waals surface area (Å²) in [6, 6.07) is 16.9. The summed E-state index contributed by atoms with van der Waals surface area (Å²) >= 11 is 0. The van der Waals surface area contributed by atoms with Gasteiger partial charge in [-0.25, -0.2) is 4.79 Å². The monoisotopic (exact) mass is 356 g/mol. The van der Waals surface area contributed by atoms with Crippen molar-refractivity contribution < 1.29 is 0 Å². The van der Waals surface area contributed by atoms with Crippen molar-refractivity contribution in [2.24, 2.45) is 0 Å². The Morgan fingerprint density at radius 1 is 1.15 bits per heavy atom. The lowest BCUT2D eigenvalue weighted by molar-refractivity contribution is 0.723. The molecule has 0 bridgehead atoms. The first-order valence-corrected chi connectivity index (χ1v) is 8.41. The molecule has 7 nitrogen and oxygen atoms in total. The first kappa shape index (κ1) is 16.5. The fourth-order valence-electron chi connectivity index (χ4n) is 2.97. The average molecular weight is 356 g/mol. The van der Waals surface area contributed by atoms with E-state index >= 15 is 0 Å². The van der Waals surface area contributed by atoms with Gasteiger partial charge >= 0.3 is 5.69 Å². The first-order valence-electron chi connectivity index (χ1n) is 8.41. The number of hydrogen-bond acceptors (Lipinski definition) is 4. The molecular weight excluding hydrogens is 340 g/mol. The fraction of sp³-hybridized carbons (Fsp3) is 0.100. The highest BCUT2D eigenvalue weighted by atomic mass is 16.2. The molecular formula is C20H16N6O. The molecule has 2 aromatic heterocycles. The lowest BCUT2D eigenvalue weighted by Crippen LogP contribution is -2.24. The zero-order chi connectivity index (χ0) is 18.8. The van der Waals surface area contributed by atoms with Crippen molar-refractivity contribution in [2.45, 2.75) is 13.5 Å². The van der Waals surface area contributed by atoms with E-state index in [1.807, 2.05) is 42.6 Å². The molecule has 0 aliphatic heterocycles. The Hall–Kier alpha value is -3.92. The van der Waals surface area contributed by atoms with Crippen LogP contribution >= 0.6 is 0 Å². The van der Waals surface area contributed by atoms with Gasteiger partial charge in [0.2, 0.25) is 0 Å². The Kier molecular flexibility index (Phi) is 4.15. The van der Waals surface area contributed by atoms with Gasteiger partial charge in [-0.1, -0.05) is 24.3 Å². The normalized spacial score (nSPS) is 10.7. The zero-order valence-electron chi connectivity index (χ0n) is 14.6. The largest absolute Gasteiger partial charge is 0.351 e. The standard InChI is InChI=1S/C20H16N6O/c1-14-24-26(19-7-5-17(6-8-19)18-11-22-23-12-18)20(27)25(14)13-16-4-2-3-15(9-16)10-21/h2-9,11-12H,13H2,1H3,(H,22,23). The van der Waals surface area contributed by atoms with Crippen LogP contribution in [-0.2, 0) is 6.54 Å². The molecule has 0 unspecified atom stereocenters. The predicted molar refractivity (Wildman–Crippen MR) is 100 cm³/mol. The van der Waals surface area contributed by atoms with Crippen molar-refractivity contribution in [1.82, 2.24) is 24.5 Å². The van der Waals surface area contributed by atoms with Gasteiger partial charge in [0, 0.05) is 11.8 Å². The molecule has 27 heavy (non-hydrogen) atoms. The van der Waals surface area contributed by atoms with E-state index in [-0.39, 0.29) is 5.69 Å². The second-order valence-electron chi connectivity index (χ2n) is 6.17. The number of benzene rings is 2.